The maximum absolute atomic E-state index is 12.0. The van der Waals surface area contributed by atoms with Crippen molar-refractivity contribution in [1.82, 2.24) is 4.90 Å². The number of benzene rings is 1. The molecule has 0 radical (unpaired) electrons. The number of carboxylic acids is 1. The molecule has 0 bridgehead atoms. The molecule has 2 unspecified atom stereocenters. The Bertz CT molecular complexity index is 500. The van der Waals surface area contributed by atoms with E-state index in [1.807, 2.05) is 37.4 Å². The molecule has 1 aliphatic rings. The summed E-state index contributed by atoms with van der Waals surface area (Å²) < 4.78 is 0. The molecule has 0 aliphatic carbocycles. The minimum Gasteiger partial charge on any atom is -0.481 e. The number of carbonyl (C=O) groups excluding carboxylic acids is 1. The van der Waals surface area contributed by atoms with Crippen LogP contribution in [-0.4, -0.2) is 34.7 Å². The molecule has 5 heteroatoms. The summed E-state index contributed by atoms with van der Waals surface area (Å²) in [5, 5.41) is 9.37. The molecule has 1 amide bonds. The van der Waals surface area contributed by atoms with Gasteiger partial charge in [0, 0.05) is 17.9 Å². The minimum atomic E-state index is -0.893. The SMILES string of the molecule is CCCN1C(=O)CC(C(=O)O)C1c1ccc(SC)cc1. The highest BCUT2D eigenvalue weighted by Gasteiger charge is 2.44. The molecule has 108 valence electrons. The fraction of sp³-hybridized carbons (Fsp3) is 0.467. The van der Waals surface area contributed by atoms with Crippen molar-refractivity contribution >= 4 is 23.6 Å². The van der Waals surface area contributed by atoms with Crippen LogP contribution >= 0.6 is 11.8 Å². The molecule has 1 heterocycles. The van der Waals surface area contributed by atoms with Crippen molar-refractivity contribution in [2.75, 3.05) is 12.8 Å². The summed E-state index contributed by atoms with van der Waals surface area (Å²) in [5.74, 6) is -1.59. The predicted octanol–water partition coefficient (Wildman–Crippen LogP) is 2.79. The molecule has 1 N–H and O–H groups in total. The first kappa shape index (κ1) is 14.9. The van der Waals surface area contributed by atoms with Gasteiger partial charge in [-0.15, -0.1) is 11.8 Å². The number of carbonyl (C=O) groups is 2. The Labute approximate surface area is 123 Å². The van der Waals surface area contributed by atoms with E-state index >= 15 is 0 Å². The molecule has 0 aromatic heterocycles. The van der Waals surface area contributed by atoms with Gasteiger partial charge in [0.25, 0.3) is 0 Å². The van der Waals surface area contributed by atoms with Gasteiger partial charge < -0.3 is 10.0 Å². The molecule has 20 heavy (non-hydrogen) atoms. The maximum Gasteiger partial charge on any atom is 0.309 e. The molecule has 2 atom stereocenters. The van der Waals surface area contributed by atoms with E-state index in [1.54, 1.807) is 16.7 Å². The highest BCUT2D eigenvalue weighted by molar-refractivity contribution is 7.98. The second-order valence-electron chi connectivity index (χ2n) is 4.95. The van der Waals surface area contributed by atoms with Crippen LogP contribution in [0.2, 0.25) is 0 Å². The van der Waals surface area contributed by atoms with Crippen LogP contribution < -0.4 is 0 Å². The van der Waals surface area contributed by atoms with Gasteiger partial charge in [-0.05, 0) is 30.4 Å². The summed E-state index contributed by atoms with van der Waals surface area (Å²) in [6.45, 7) is 2.60. The number of likely N-dealkylation sites (tertiary alicyclic amines) is 1. The standard InChI is InChI=1S/C15H19NO3S/c1-3-8-16-13(17)9-12(15(18)19)14(16)10-4-6-11(20-2)7-5-10/h4-7,12,14H,3,8-9H2,1-2H3,(H,18,19). The topological polar surface area (TPSA) is 57.6 Å². The monoisotopic (exact) mass is 293 g/mol. The van der Waals surface area contributed by atoms with Gasteiger partial charge in [-0.25, -0.2) is 0 Å². The van der Waals surface area contributed by atoms with Crippen LogP contribution in [0.15, 0.2) is 29.2 Å². The van der Waals surface area contributed by atoms with Crippen LogP contribution in [0.3, 0.4) is 0 Å². The molecule has 1 saturated heterocycles. The highest BCUT2D eigenvalue weighted by Crippen LogP contribution is 2.38. The van der Waals surface area contributed by atoms with E-state index in [2.05, 4.69) is 0 Å². The molecule has 4 nitrogen and oxygen atoms in total. The normalized spacial score (nSPS) is 22.3. The van der Waals surface area contributed by atoms with Gasteiger partial charge in [0.15, 0.2) is 0 Å². The van der Waals surface area contributed by atoms with Crippen LogP contribution in [0.25, 0.3) is 0 Å². The average Bonchev–Trinajstić information content (AvgIpc) is 2.77. The van der Waals surface area contributed by atoms with E-state index in [9.17, 15) is 14.7 Å². The molecular weight excluding hydrogens is 274 g/mol. The molecular formula is C15H19NO3S. The van der Waals surface area contributed by atoms with Crippen LogP contribution in [0.4, 0.5) is 0 Å². The van der Waals surface area contributed by atoms with E-state index in [-0.39, 0.29) is 18.4 Å². The number of carboxylic acid groups (broad SMARTS) is 1. The quantitative estimate of drug-likeness (QED) is 0.848. The van der Waals surface area contributed by atoms with E-state index in [0.717, 1.165) is 16.9 Å². The lowest BCUT2D eigenvalue weighted by atomic mass is 9.94. The first-order chi connectivity index (χ1) is 9.58. The number of aliphatic carboxylic acids is 1. The van der Waals surface area contributed by atoms with Crippen LogP contribution in [-0.2, 0) is 9.59 Å². The lowest BCUT2D eigenvalue weighted by Crippen LogP contribution is -2.31. The number of hydrogen-bond donors (Lipinski definition) is 1. The molecule has 1 aromatic carbocycles. The molecule has 0 saturated carbocycles. The fourth-order valence-electron chi connectivity index (χ4n) is 2.73. The van der Waals surface area contributed by atoms with Crippen molar-refractivity contribution in [1.29, 1.82) is 0 Å². The smallest absolute Gasteiger partial charge is 0.309 e. The summed E-state index contributed by atoms with van der Waals surface area (Å²) in [5.41, 5.74) is 0.912. The summed E-state index contributed by atoms with van der Waals surface area (Å²) in [6, 6.07) is 7.50. The Morgan fingerprint density at radius 1 is 1.40 bits per heavy atom. The Hall–Kier alpha value is -1.49. The molecule has 1 fully saturated rings. The van der Waals surface area contributed by atoms with Crippen molar-refractivity contribution in [3.63, 3.8) is 0 Å². The lowest BCUT2D eigenvalue weighted by Gasteiger charge is -2.27. The van der Waals surface area contributed by atoms with Crippen molar-refractivity contribution in [3.05, 3.63) is 29.8 Å². The molecule has 1 aliphatic heterocycles. The minimum absolute atomic E-state index is 0.0572. The maximum atomic E-state index is 12.0. The number of rotatable bonds is 5. The van der Waals surface area contributed by atoms with Crippen LogP contribution in [0, 0.1) is 5.92 Å². The third-order valence-electron chi connectivity index (χ3n) is 3.67. The molecule has 2 rings (SSSR count). The van der Waals surface area contributed by atoms with Gasteiger partial charge in [-0.2, -0.15) is 0 Å². The first-order valence-electron chi connectivity index (χ1n) is 6.74. The van der Waals surface area contributed by atoms with Crippen LogP contribution in [0.1, 0.15) is 31.4 Å². The second kappa shape index (κ2) is 6.31. The number of thioether (sulfide) groups is 1. The second-order valence-corrected chi connectivity index (χ2v) is 5.83. The predicted molar refractivity (Wildman–Crippen MR) is 78.7 cm³/mol. The van der Waals surface area contributed by atoms with Gasteiger partial charge in [-0.3, -0.25) is 9.59 Å². The Balaban J connectivity index is 2.35. The van der Waals surface area contributed by atoms with Gasteiger partial charge >= 0.3 is 5.97 Å². The summed E-state index contributed by atoms with van der Waals surface area (Å²) in [6.07, 6.45) is 2.93. The zero-order valence-corrected chi connectivity index (χ0v) is 12.5. The van der Waals surface area contributed by atoms with E-state index in [1.165, 1.54) is 0 Å². The zero-order chi connectivity index (χ0) is 14.7. The average molecular weight is 293 g/mol. The number of amides is 1. The summed E-state index contributed by atoms with van der Waals surface area (Å²) in [7, 11) is 0. The number of hydrogen-bond acceptors (Lipinski definition) is 3. The van der Waals surface area contributed by atoms with E-state index < -0.39 is 11.9 Å². The highest BCUT2D eigenvalue weighted by atomic mass is 32.2. The van der Waals surface area contributed by atoms with E-state index in [0.29, 0.717) is 6.54 Å². The third-order valence-corrected chi connectivity index (χ3v) is 4.41. The first-order valence-corrected chi connectivity index (χ1v) is 7.97. The van der Waals surface area contributed by atoms with E-state index in [4.69, 9.17) is 0 Å². The largest absolute Gasteiger partial charge is 0.481 e. The van der Waals surface area contributed by atoms with Crippen molar-refractivity contribution in [2.24, 2.45) is 5.92 Å². The van der Waals surface area contributed by atoms with Gasteiger partial charge in [-0.1, -0.05) is 19.1 Å². The Morgan fingerprint density at radius 2 is 2.05 bits per heavy atom. The Morgan fingerprint density at radius 3 is 2.55 bits per heavy atom. The van der Waals surface area contributed by atoms with Crippen molar-refractivity contribution in [3.8, 4) is 0 Å². The Kier molecular flexibility index (Phi) is 4.70. The van der Waals surface area contributed by atoms with Crippen LogP contribution in [0.5, 0.6) is 0 Å². The van der Waals surface area contributed by atoms with Gasteiger partial charge in [0.2, 0.25) is 5.91 Å². The number of nitrogens with zero attached hydrogens (tertiary/aromatic N) is 1. The molecule has 0 spiro atoms. The summed E-state index contributed by atoms with van der Waals surface area (Å²) in [4.78, 5) is 26.3. The third kappa shape index (κ3) is 2.82. The zero-order valence-electron chi connectivity index (χ0n) is 11.7. The van der Waals surface area contributed by atoms with Gasteiger partial charge in [0.1, 0.15) is 0 Å². The fourth-order valence-corrected chi connectivity index (χ4v) is 3.14. The van der Waals surface area contributed by atoms with Crippen molar-refractivity contribution in [2.45, 2.75) is 30.7 Å². The van der Waals surface area contributed by atoms with Crippen molar-refractivity contribution < 1.29 is 14.7 Å². The van der Waals surface area contributed by atoms with Gasteiger partial charge in [0.05, 0.1) is 12.0 Å². The summed E-state index contributed by atoms with van der Waals surface area (Å²) >= 11 is 1.64. The lowest BCUT2D eigenvalue weighted by molar-refractivity contribution is -0.142. The molecule has 1 aromatic rings.